The Morgan fingerprint density at radius 3 is 2.62 bits per heavy atom. The first-order chi connectivity index (χ1) is 16.7. The Morgan fingerprint density at radius 2 is 1.85 bits per heavy atom. The summed E-state index contributed by atoms with van der Waals surface area (Å²) in [4.78, 5) is 27.3. The summed E-state index contributed by atoms with van der Waals surface area (Å²) in [6.45, 7) is 5.91. The molecule has 2 aromatic carbocycles. The second-order valence-electron chi connectivity index (χ2n) is 8.74. The highest BCUT2D eigenvalue weighted by Gasteiger charge is 2.33. The highest BCUT2D eigenvalue weighted by atomic mass is 16.5. The number of anilines is 1. The smallest absolute Gasteiger partial charge is 0.254 e. The van der Waals surface area contributed by atoms with Gasteiger partial charge in [0.25, 0.3) is 5.91 Å². The largest absolute Gasteiger partial charge is 0.497 e. The molecule has 0 spiro atoms. The minimum absolute atomic E-state index is 0.0565. The van der Waals surface area contributed by atoms with E-state index in [-0.39, 0.29) is 11.9 Å². The van der Waals surface area contributed by atoms with Gasteiger partial charge in [0.1, 0.15) is 5.75 Å². The van der Waals surface area contributed by atoms with Crippen molar-refractivity contribution in [1.29, 1.82) is 0 Å². The number of benzene rings is 2. The topological polar surface area (TPSA) is 67.8 Å². The zero-order valence-corrected chi connectivity index (χ0v) is 19.7. The van der Waals surface area contributed by atoms with Crippen molar-refractivity contribution < 1.29 is 14.3 Å². The molecule has 1 amide bonds. The van der Waals surface area contributed by atoms with Crippen LogP contribution in [-0.4, -0.2) is 60.7 Å². The number of carbonyl (C=O) groups is 1. The summed E-state index contributed by atoms with van der Waals surface area (Å²) in [7, 11) is 1.65. The van der Waals surface area contributed by atoms with Crippen LogP contribution in [0.25, 0.3) is 11.4 Å². The molecule has 0 unspecified atom stereocenters. The molecule has 2 saturated heterocycles. The van der Waals surface area contributed by atoms with E-state index in [4.69, 9.17) is 14.5 Å². The summed E-state index contributed by atoms with van der Waals surface area (Å²) in [5.74, 6) is 1.52. The van der Waals surface area contributed by atoms with E-state index >= 15 is 0 Å². The lowest BCUT2D eigenvalue weighted by molar-refractivity contribution is 0.0732. The first kappa shape index (κ1) is 22.3. The van der Waals surface area contributed by atoms with Crippen molar-refractivity contribution in [3.63, 3.8) is 0 Å². The van der Waals surface area contributed by atoms with Crippen LogP contribution in [0.5, 0.6) is 5.75 Å². The van der Waals surface area contributed by atoms with Gasteiger partial charge in [0, 0.05) is 42.6 Å². The minimum Gasteiger partial charge on any atom is -0.497 e. The number of likely N-dealkylation sites (tertiary alicyclic amines) is 1. The summed E-state index contributed by atoms with van der Waals surface area (Å²) in [5.41, 5.74) is 4.72. The lowest BCUT2D eigenvalue weighted by atomic mass is 10.0. The summed E-state index contributed by atoms with van der Waals surface area (Å²) in [6, 6.07) is 15.6. The third-order valence-corrected chi connectivity index (χ3v) is 6.77. The molecule has 0 radical (unpaired) electrons. The Kier molecular flexibility index (Phi) is 6.45. The van der Waals surface area contributed by atoms with Crippen LogP contribution in [0.1, 0.15) is 40.5 Å². The van der Waals surface area contributed by atoms with Crippen molar-refractivity contribution in [3.8, 4) is 17.1 Å². The molecule has 0 N–H and O–H groups in total. The number of ether oxygens (including phenoxy) is 2. The molecule has 2 aliphatic rings. The van der Waals surface area contributed by atoms with E-state index in [0.717, 1.165) is 79.5 Å². The molecule has 1 atom stereocenters. The van der Waals surface area contributed by atoms with Gasteiger partial charge in [0.05, 0.1) is 32.1 Å². The molecular formula is C27H30N4O3. The highest BCUT2D eigenvalue weighted by molar-refractivity contribution is 5.97. The van der Waals surface area contributed by atoms with Crippen LogP contribution in [0, 0.1) is 6.92 Å². The lowest BCUT2D eigenvalue weighted by Crippen LogP contribution is -2.37. The van der Waals surface area contributed by atoms with Crippen molar-refractivity contribution in [3.05, 3.63) is 71.5 Å². The van der Waals surface area contributed by atoms with Crippen LogP contribution in [0.4, 0.5) is 5.69 Å². The van der Waals surface area contributed by atoms with Gasteiger partial charge in [-0.3, -0.25) is 4.79 Å². The van der Waals surface area contributed by atoms with Gasteiger partial charge in [-0.1, -0.05) is 6.07 Å². The lowest BCUT2D eigenvalue weighted by Gasteiger charge is -2.31. The van der Waals surface area contributed by atoms with E-state index in [0.29, 0.717) is 5.82 Å². The second kappa shape index (κ2) is 9.81. The van der Waals surface area contributed by atoms with Gasteiger partial charge in [0.2, 0.25) is 0 Å². The van der Waals surface area contributed by atoms with E-state index in [1.165, 1.54) is 0 Å². The fraction of sp³-hybridized carbons (Fsp3) is 0.370. The van der Waals surface area contributed by atoms with Crippen LogP contribution in [0.3, 0.4) is 0 Å². The van der Waals surface area contributed by atoms with E-state index in [2.05, 4.69) is 22.9 Å². The maximum atomic E-state index is 13.7. The molecule has 0 bridgehead atoms. The van der Waals surface area contributed by atoms with Gasteiger partial charge in [0.15, 0.2) is 5.82 Å². The van der Waals surface area contributed by atoms with Gasteiger partial charge in [-0.05, 0) is 67.8 Å². The predicted molar refractivity (Wildman–Crippen MR) is 131 cm³/mol. The van der Waals surface area contributed by atoms with Crippen molar-refractivity contribution in [2.24, 2.45) is 0 Å². The number of hydrogen-bond donors (Lipinski definition) is 0. The van der Waals surface area contributed by atoms with E-state index in [1.807, 2.05) is 47.4 Å². The van der Waals surface area contributed by atoms with Gasteiger partial charge < -0.3 is 19.3 Å². The zero-order chi connectivity index (χ0) is 23.5. The van der Waals surface area contributed by atoms with E-state index < -0.39 is 0 Å². The maximum absolute atomic E-state index is 13.7. The Bertz CT molecular complexity index is 1160. The summed E-state index contributed by atoms with van der Waals surface area (Å²) < 4.78 is 10.8. The van der Waals surface area contributed by atoms with Gasteiger partial charge >= 0.3 is 0 Å². The standard InChI is InChI=1S/C27H30N4O3/c1-19-22(5-3-6-24(19)30-15-17-34-18-16-30)27(32)31-14-4-7-25(31)23-12-13-28-26(29-23)20-8-10-21(33-2)11-9-20/h3,5-6,8-13,25H,4,7,14-18H2,1-2H3/t25-/m1/s1. The summed E-state index contributed by atoms with van der Waals surface area (Å²) >= 11 is 0. The molecule has 34 heavy (non-hydrogen) atoms. The molecule has 7 heteroatoms. The molecule has 1 aromatic heterocycles. The Labute approximate surface area is 200 Å². The molecule has 2 fully saturated rings. The van der Waals surface area contributed by atoms with Gasteiger partial charge in [-0.15, -0.1) is 0 Å². The SMILES string of the molecule is COc1ccc(-c2nccc([C@H]3CCCN3C(=O)c3cccc(N4CCOCC4)c3C)n2)cc1. The summed E-state index contributed by atoms with van der Waals surface area (Å²) in [6.07, 6.45) is 3.64. The van der Waals surface area contributed by atoms with Crippen molar-refractivity contribution in [2.75, 3.05) is 44.9 Å². The molecule has 0 aliphatic carbocycles. The van der Waals surface area contributed by atoms with Crippen LogP contribution >= 0.6 is 0 Å². The normalized spacial score (nSPS) is 18.2. The molecule has 3 heterocycles. The molecular weight excluding hydrogens is 428 g/mol. The molecule has 2 aliphatic heterocycles. The molecule has 5 rings (SSSR count). The Hall–Kier alpha value is -3.45. The Balaban J connectivity index is 1.41. The van der Waals surface area contributed by atoms with Crippen molar-refractivity contribution in [1.82, 2.24) is 14.9 Å². The highest BCUT2D eigenvalue weighted by Crippen LogP contribution is 2.34. The fourth-order valence-corrected chi connectivity index (χ4v) is 4.91. The van der Waals surface area contributed by atoms with E-state index in [9.17, 15) is 4.79 Å². The number of amides is 1. The Morgan fingerprint density at radius 1 is 1.06 bits per heavy atom. The van der Waals surface area contributed by atoms with Crippen LogP contribution < -0.4 is 9.64 Å². The second-order valence-corrected chi connectivity index (χ2v) is 8.74. The third-order valence-electron chi connectivity index (χ3n) is 6.77. The maximum Gasteiger partial charge on any atom is 0.254 e. The minimum atomic E-state index is -0.0565. The number of nitrogens with zero attached hydrogens (tertiary/aromatic N) is 4. The van der Waals surface area contributed by atoms with Crippen LogP contribution in [0.15, 0.2) is 54.7 Å². The summed E-state index contributed by atoms with van der Waals surface area (Å²) in [5, 5.41) is 0. The number of aromatic nitrogens is 2. The first-order valence-corrected chi connectivity index (χ1v) is 11.9. The van der Waals surface area contributed by atoms with Gasteiger partial charge in [-0.2, -0.15) is 0 Å². The monoisotopic (exact) mass is 458 g/mol. The third kappa shape index (κ3) is 4.35. The molecule has 3 aromatic rings. The zero-order valence-electron chi connectivity index (χ0n) is 19.7. The van der Waals surface area contributed by atoms with Crippen LogP contribution in [0.2, 0.25) is 0 Å². The first-order valence-electron chi connectivity index (χ1n) is 11.9. The molecule has 0 saturated carbocycles. The average molecular weight is 459 g/mol. The predicted octanol–water partition coefficient (Wildman–Crippen LogP) is 4.27. The fourth-order valence-electron chi connectivity index (χ4n) is 4.91. The van der Waals surface area contributed by atoms with E-state index in [1.54, 1.807) is 13.3 Å². The number of rotatable bonds is 5. The number of morpholine rings is 1. The average Bonchev–Trinajstić information content (AvgIpc) is 3.39. The number of carbonyl (C=O) groups excluding carboxylic acids is 1. The molecule has 176 valence electrons. The van der Waals surface area contributed by atoms with Crippen molar-refractivity contribution >= 4 is 11.6 Å². The number of methoxy groups -OCH3 is 1. The molecule has 7 nitrogen and oxygen atoms in total. The quantitative estimate of drug-likeness (QED) is 0.569. The van der Waals surface area contributed by atoms with Crippen LogP contribution in [-0.2, 0) is 4.74 Å². The number of hydrogen-bond acceptors (Lipinski definition) is 6. The van der Waals surface area contributed by atoms with Gasteiger partial charge in [-0.25, -0.2) is 9.97 Å². The van der Waals surface area contributed by atoms with Crippen molar-refractivity contribution in [2.45, 2.75) is 25.8 Å².